The van der Waals surface area contributed by atoms with Crippen molar-refractivity contribution in [2.45, 2.75) is 23.5 Å². The second kappa shape index (κ2) is 5.95. The normalized spacial score (nSPS) is 21.5. The lowest BCUT2D eigenvalue weighted by Gasteiger charge is -2.22. The van der Waals surface area contributed by atoms with Crippen molar-refractivity contribution in [2.75, 3.05) is 19.6 Å². The number of thiophene rings is 1. The average Bonchev–Trinajstić information content (AvgIpc) is 2.84. The third kappa shape index (κ3) is 3.77. The van der Waals surface area contributed by atoms with Crippen molar-refractivity contribution >= 4 is 21.4 Å². The van der Waals surface area contributed by atoms with Crippen LogP contribution in [-0.4, -0.2) is 28.1 Å². The van der Waals surface area contributed by atoms with Gasteiger partial charge in [-0.25, -0.2) is 13.1 Å². The van der Waals surface area contributed by atoms with Crippen molar-refractivity contribution in [3.63, 3.8) is 0 Å². The Balaban J connectivity index is 1.78. The monoisotopic (exact) mass is 274 g/mol. The quantitative estimate of drug-likeness (QED) is 0.853. The summed E-state index contributed by atoms with van der Waals surface area (Å²) < 4.78 is 26.7. The molecule has 17 heavy (non-hydrogen) atoms. The van der Waals surface area contributed by atoms with E-state index in [0.29, 0.717) is 16.7 Å². The van der Waals surface area contributed by atoms with E-state index in [4.69, 9.17) is 0 Å². The highest BCUT2D eigenvalue weighted by Crippen LogP contribution is 2.16. The molecule has 2 heterocycles. The lowest BCUT2D eigenvalue weighted by molar-refractivity contribution is 0.358. The fourth-order valence-electron chi connectivity index (χ4n) is 2.06. The van der Waals surface area contributed by atoms with Gasteiger partial charge in [0.05, 0.1) is 0 Å². The Morgan fingerprint density at radius 3 is 3.06 bits per heavy atom. The molecule has 0 aromatic carbocycles. The van der Waals surface area contributed by atoms with E-state index in [9.17, 15) is 8.42 Å². The molecule has 2 N–H and O–H groups in total. The maximum absolute atomic E-state index is 11.8. The molecule has 1 aliphatic heterocycles. The molecule has 0 aliphatic carbocycles. The van der Waals surface area contributed by atoms with Crippen LogP contribution in [0.4, 0.5) is 0 Å². The van der Waals surface area contributed by atoms with E-state index in [1.165, 1.54) is 24.2 Å². The maximum atomic E-state index is 11.8. The molecular weight excluding hydrogens is 256 g/mol. The van der Waals surface area contributed by atoms with Gasteiger partial charge < -0.3 is 5.32 Å². The predicted molar refractivity (Wildman–Crippen MR) is 69.7 cm³/mol. The third-order valence-electron chi connectivity index (χ3n) is 3.00. The van der Waals surface area contributed by atoms with Crippen LogP contribution in [0.25, 0.3) is 0 Å². The van der Waals surface area contributed by atoms with Gasteiger partial charge in [0.1, 0.15) is 4.21 Å². The van der Waals surface area contributed by atoms with Gasteiger partial charge in [-0.15, -0.1) is 11.3 Å². The van der Waals surface area contributed by atoms with Crippen molar-refractivity contribution in [3.8, 4) is 0 Å². The molecule has 0 spiro atoms. The van der Waals surface area contributed by atoms with Gasteiger partial charge in [0, 0.05) is 6.54 Å². The lowest BCUT2D eigenvalue weighted by Crippen LogP contribution is -2.33. The van der Waals surface area contributed by atoms with Crippen LogP contribution >= 0.6 is 11.3 Å². The maximum Gasteiger partial charge on any atom is 0.250 e. The zero-order valence-electron chi connectivity index (χ0n) is 9.69. The first-order valence-electron chi connectivity index (χ1n) is 5.92. The Morgan fingerprint density at radius 1 is 1.53 bits per heavy atom. The lowest BCUT2D eigenvalue weighted by atomic mass is 9.96. The molecule has 1 saturated heterocycles. The molecule has 0 amide bonds. The van der Waals surface area contributed by atoms with Crippen LogP contribution in [0.1, 0.15) is 19.3 Å². The van der Waals surface area contributed by atoms with Gasteiger partial charge in [0.15, 0.2) is 0 Å². The minimum atomic E-state index is -3.27. The molecule has 1 aliphatic rings. The van der Waals surface area contributed by atoms with Gasteiger partial charge >= 0.3 is 0 Å². The number of piperidine rings is 1. The zero-order valence-corrected chi connectivity index (χ0v) is 11.3. The van der Waals surface area contributed by atoms with Crippen molar-refractivity contribution in [1.82, 2.24) is 10.0 Å². The number of hydrogen-bond donors (Lipinski definition) is 2. The van der Waals surface area contributed by atoms with E-state index in [-0.39, 0.29) is 0 Å². The minimum absolute atomic E-state index is 0.402. The summed E-state index contributed by atoms with van der Waals surface area (Å²) in [5.74, 6) is 0.606. The first-order valence-corrected chi connectivity index (χ1v) is 8.28. The predicted octanol–water partition coefficient (Wildman–Crippen LogP) is 1.42. The van der Waals surface area contributed by atoms with Crippen LogP contribution in [0.2, 0.25) is 0 Å². The Kier molecular flexibility index (Phi) is 4.55. The molecule has 6 heteroatoms. The fourth-order valence-corrected chi connectivity index (χ4v) is 4.14. The summed E-state index contributed by atoms with van der Waals surface area (Å²) in [6.07, 6.45) is 3.31. The van der Waals surface area contributed by atoms with E-state index in [2.05, 4.69) is 10.0 Å². The molecule has 1 fully saturated rings. The van der Waals surface area contributed by atoms with Crippen LogP contribution in [0, 0.1) is 5.92 Å². The molecule has 0 radical (unpaired) electrons. The van der Waals surface area contributed by atoms with Crippen molar-refractivity contribution in [3.05, 3.63) is 17.5 Å². The topological polar surface area (TPSA) is 58.2 Å². The summed E-state index contributed by atoms with van der Waals surface area (Å²) in [4.78, 5) is 0. The molecule has 2 rings (SSSR count). The number of hydrogen-bond acceptors (Lipinski definition) is 4. The van der Waals surface area contributed by atoms with Crippen LogP contribution < -0.4 is 10.0 Å². The first-order chi connectivity index (χ1) is 8.18. The minimum Gasteiger partial charge on any atom is -0.316 e. The van der Waals surface area contributed by atoms with Crippen LogP contribution in [0.3, 0.4) is 0 Å². The average molecular weight is 274 g/mol. The number of sulfonamides is 1. The first kappa shape index (κ1) is 13.0. The molecular formula is C11H18N2O2S2. The van der Waals surface area contributed by atoms with Crippen molar-refractivity contribution in [1.29, 1.82) is 0 Å². The Hall–Kier alpha value is -0.430. The summed E-state index contributed by atoms with van der Waals surface area (Å²) in [5, 5.41) is 5.11. The molecule has 1 aromatic heterocycles. The second-order valence-electron chi connectivity index (χ2n) is 4.33. The molecule has 1 atom stereocenters. The summed E-state index contributed by atoms with van der Waals surface area (Å²) in [7, 11) is -3.27. The van der Waals surface area contributed by atoms with Crippen LogP contribution in [0.15, 0.2) is 21.7 Å². The molecule has 1 unspecified atom stereocenters. The van der Waals surface area contributed by atoms with E-state index >= 15 is 0 Å². The van der Waals surface area contributed by atoms with Crippen LogP contribution in [0.5, 0.6) is 0 Å². The molecule has 1 aromatic rings. The van der Waals surface area contributed by atoms with Crippen LogP contribution in [-0.2, 0) is 10.0 Å². The van der Waals surface area contributed by atoms with Gasteiger partial charge in [-0.2, -0.15) is 0 Å². The Labute approximate surface area is 106 Å². The third-order valence-corrected chi connectivity index (χ3v) is 5.86. The van der Waals surface area contributed by atoms with Gasteiger partial charge in [-0.1, -0.05) is 6.07 Å². The SMILES string of the molecule is O=S(=O)(NCCC1CCCNC1)c1cccs1. The number of rotatable bonds is 5. The van der Waals surface area contributed by atoms with Gasteiger partial charge in [0.25, 0.3) is 0 Å². The summed E-state index contributed by atoms with van der Waals surface area (Å²) in [6.45, 7) is 2.64. The van der Waals surface area contributed by atoms with Gasteiger partial charge in [0.2, 0.25) is 10.0 Å². The smallest absolute Gasteiger partial charge is 0.250 e. The summed E-state index contributed by atoms with van der Waals surface area (Å²) >= 11 is 1.25. The van der Waals surface area contributed by atoms with Crippen molar-refractivity contribution in [2.24, 2.45) is 5.92 Å². The van der Waals surface area contributed by atoms with E-state index in [0.717, 1.165) is 19.5 Å². The van der Waals surface area contributed by atoms with Gasteiger partial charge in [-0.3, -0.25) is 0 Å². The highest BCUT2D eigenvalue weighted by atomic mass is 32.2. The van der Waals surface area contributed by atoms with E-state index in [1.54, 1.807) is 17.5 Å². The highest BCUT2D eigenvalue weighted by molar-refractivity contribution is 7.91. The second-order valence-corrected chi connectivity index (χ2v) is 7.27. The summed E-state index contributed by atoms with van der Waals surface area (Å²) in [5.41, 5.74) is 0. The molecule has 4 nitrogen and oxygen atoms in total. The standard InChI is InChI=1S/C11H18N2O2S2/c14-17(15,11-4-2-8-16-11)13-7-5-10-3-1-6-12-9-10/h2,4,8,10,12-13H,1,3,5-7,9H2. The highest BCUT2D eigenvalue weighted by Gasteiger charge is 2.17. The molecule has 0 saturated carbocycles. The Bertz CT molecular complexity index is 422. The van der Waals surface area contributed by atoms with E-state index < -0.39 is 10.0 Å². The summed E-state index contributed by atoms with van der Waals surface area (Å²) in [6, 6.07) is 3.39. The molecule has 0 bridgehead atoms. The fraction of sp³-hybridized carbons (Fsp3) is 0.636. The Morgan fingerprint density at radius 2 is 2.41 bits per heavy atom. The zero-order chi connectivity index (χ0) is 12.1. The van der Waals surface area contributed by atoms with E-state index in [1.807, 2.05) is 0 Å². The largest absolute Gasteiger partial charge is 0.316 e. The van der Waals surface area contributed by atoms with Gasteiger partial charge in [-0.05, 0) is 49.7 Å². The van der Waals surface area contributed by atoms with Crippen molar-refractivity contribution < 1.29 is 8.42 Å². The molecule has 96 valence electrons. The number of nitrogens with one attached hydrogen (secondary N) is 2.